The summed E-state index contributed by atoms with van der Waals surface area (Å²) in [5.74, 6) is 1.13. The van der Waals surface area contributed by atoms with Gasteiger partial charge >= 0.3 is 0 Å². The molecule has 1 aliphatic rings. The van der Waals surface area contributed by atoms with Crippen molar-refractivity contribution >= 4 is 29.0 Å². The van der Waals surface area contributed by atoms with Gasteiger partial charge in [-0.2, -0.15) is 0 Å². The van der Waals surface area contributed by atoms with Crippen molar-refractivity contribution in [3.63, 3.8) is 0 Å². The number of nitrogens with one attached hydrogen (secondary N) is 1. The summed E-state index contributed by atoms with van der Waals surface area (Å²) < 4.78 is 5.44. The zero-order valence-corrected chi connectivity index (χ0v) is 15.7. The number of nitrogens with zero attached hydrogens (tertiary/aromatic N) is 2. The lowest BCUT2D eigenvalue weighted by Crippen LogP contribution is -2.33. The summed E-state index contributed by atoms with van der Waals surface area (Å²) in [5, 5.41) is 3.99. The van der Waals surface area contributed by atoms with Crippen LogP contribution in [0.3, 0.4) is 0 Å². The fourth-order valence-electron chi connectivity index (χ4n) is 3.24. The van der Waals surface area contributed by atoms with E-state index in [1.165, 1.54) is 0 Å². The molecule has 136 valence electrons. The minimum atomic E-state index is -0.420. The van der Waals surface area contributed by atoms with E-state index in [-0.39, 0.29) is 5.91 Å². The number of carbonyl (C=O) groups is 1. The van der Waals surface area contributed by atoms with Crippen LogP contribution in [0.25, 0.3) is 0 Å². The number of hydrogen-bond acceptors (Lipinski definition) is 4. The smallest absolute Gasteiger partial charge is 0.261 e. The topological polar surface area (TPSA) is 54.5 Å². The predicted octanol–water partition coefficient (Wildman–Crippen LogP) is 4.82. The van der Waals surface area contributed by atoms with E-state index < -0.39 is 6.17 Å². The highest BCUT2D eigenvalue weighted by atomic mass is 35.5. The van der Waals surface area contributed by atoms with Crippen LogP contribution in [0.5, 0.6) is 5.75 Å². The molecule has 1 aliphatic heterocycles. The number of aryl methyl sites for hydroxylation is 1. The number of ether oxygens (including phenoxy) is 1. The van der Waals surface area contributed by atoms with Gasteiger partial charge in [0.15, 0.2) is 0 Å². The Labute approximate surface area is 162 Å². The molecule has 1 atom stereocenters. The normalized spacial score (nSPS) is 15.6. The van der Waals surface area contributed by atoms with Crippen LogP contribution in [0.2, 0.25) is 5.02 Å². The molecule has 0 radical (unpaired) electrons. The van der Waals surface area contributed by atoms with Gasteiger partial charge < -0.3 is 10.1 Å². The van der Waals surface area contributed by atoms with Crippen LogP contribution in [0.4, 0.5) is 11.5 Å². The third-order valence-corrected chi connectivity index (χ3v) is 4.79. The summed E-state index contributed by atoms with van der Waals surface area (Å²) in [6, 6.07) is 16.7. The first-order valence-electron chi connectivity index (χ1n) is 8.53. The second-order valence-corrected chi connectivity index (χ2v) is 6.78. The first kappa shape index (κ1) is 17.4. The lowest BCUT2D eigenvalue weighted by Gasteiger charge is -2.27. The molecular formula is C21H18ClN3O2. The molecule has 1 N–H and O–H groups in total. The zero-order valence-electron chi connectivity index (χ0n) is 14.9. The van der Waals surface area contributed by atoms with Crippen molar-refractivity contribution in [1.82, 2.24) is 4.98 Å². The van der Waals surface area contributed by atoms with Gasteiger partial charge in [0.1, 0.15) is 17.7 Å². The Morgan fingerprint density at radius 3 is 2.70 bits per heavy atom. The number of amides is 1. The second kappa shape index (κ2) is 6.93. The number of halogens is 1. The summed E-state index contributed by atoms with van der Waals surface area (Å²) >= 11 is 6.17. The Balaban J connectivity index is 1.80. The number of carbonyl (C=O) groups excluding carboxylic acids is 1. The molecule has 4 rings (SSSR count). The van der Waals surface area contributed by atoms with Crippen molar-refractivity contribution in [1.29, 1.82) is 0 Å². The first-order chi connectivity index (χ1) is 13.1. The number of aromatic nitrogens is 1. The third-order valence-electron chi connectivity index (χ3n) is 4.56. The van der Waals surface area contributed by atoms with E-state index in [2.05, 4.69) is 10.3 Å². The summed E-state index contributed by atoms with van der Waals surface area (Å²) in [6.45, 7) is 1.96. The maximum atomic E-state index is 13.1. The van der Waals surface area contributed by atoms with Crippen LogP contribution in [0.15, 0.2) is 60.8 Å². The molecule has 0 spiro atoms. The Kier molecular flexibility index (Phi) is 4.46. The molecule has 2 heterocycles. The van der Waals surface area contributed by atoms with Crippen LogP contribution in [0, 0.1) is 6.92 Å². The maximum absolute atomic E-state index is 13.1. The van der Waals surface area contributed by atoms with Gasteiger partial charge in [0.25, 0.3) is 5.91 Å². The number of pyridine rings is 1. The van der Waals surface area contributed by atoms with Crippen molar-refractivity contribution in [2.24, 2.45) is 0 Å². The minimum absolute atomic E-state index is 0.0968. The van der Waals surface area contributed by atoms with Crippen molar-refractivity contribution < 1.29 is 9.53 Å². The van der Waals surface area contributed by atoms with Gasteiger partial charge in [-0.1, -0.05) is 35.9 Å². The number of benzene rings is 2. The molecule has 6 heteroatoms. The fourth-order valence-corrected chi connectivity index (χ4v) is 3.41. The quantitative estimate of drug-likeness (QED) is 0.705. The SMILES string of the molecule is COc1ccc(Cl)cc1NC1c2ccccc2C(=O)N1c1ccc(C)cn1. The predicted molar refractivity (Wildman–Crippen MR) is 107 cm³/mol. The van der Waals surface area contributed by atoms with Gasteiger partial charge in [0.2, 0.25) is 0 Å². The minimum Gasteiger partial charge on any atom is -0.495 e. The standard InChI is InChI=1S/C21H18ClN3O2/c1-13-7-10-19(23-12-13)25-20(15-5-3-4-6-16(15)21(25)26)24-17-11-14(22)8-9-18(17)27-2/h3-12,20,24H,1-2H3. The van der Waals surface area contributed by atoms with Gasteiger partial charge in [0.05, 0.1) is 12.8 Å². The van der Waals surface area contributed by atoms with Crippen molar-refractivity contribution in [3.8, 4) is 5.75 Å². The zero-order chi connectivity index (χ0) is 19.0. The molecule has 0 saturated heterocycles. The van der Waals surface area contributed by atoms with E-state index in [0.717, 1.165) is 11.1 Å². The molecule has 0 aliphatic carbocycles. The average Bonchev–Trinajstić information content (AvgIpc) is 2.95. The molecule has 2 aromatic carbocycles. The van der Waals surface area contributed by atoms with E-state index in [1.807, 2.05) is 43.3 Å². The first-order valence-corrected chi connectivity index (χ1v) is 8.91. The van der Waals surface area contributed by atoms with E-state index in [1.54, 1.807) is 36.4 Å². The van der Waals surface area contributed by atoms with Crippen LogP contribution in [-0.2, 0) is 0 Å². The Hall–Kier alpha value is -3.05. The molecule has 3 aromatic rings. The maximum Gasteiger partial charge on any atom is 0.261 e. The van der Waals surface area contributed by atoms with Gasteiger partial charge in [-0.25, -0.2) is 4.98 Å². The molecule has 1 aromatic heterocycles. The number of methoxy groups -OCH3 is 1. The number of rotatable bonds is 4. The van der Waals surface area contributed by atoms with Gasteiger partial charge in [-0.15, -0.1) is 0 Å². The summed E-state index contributed by atoms with van der Waals surface area (Å²) in [7, 11) is 1.60. The third kappa shape index (κ3) is 3.11. The van der Waals surface area contributed by atoms with Crippen molar-refractivity contribution in [2.75, 3.05) is 17.3 Å². The van der Waals surface area contributed by atoms with E-state index >= 15 is 0 Å². The molecule has 27 heavy (non-hydrogen) atoms. The van der Waals surface area contributed by atoms with Crippen molar-refractivity contribution in [3.05, 3.63) is 82.5 Å². The lowest BCUT2D eigenvalue weighted by atomic mass is 10.1. The lowest BCUT2D eigenvalue weighted by molar-refractivity contribution is 0.0992. The largest absolute Gasteiger partial charge is 0.495 e. The van der Waals surface area contributed by atoms with Crippen LogP contribution in [-0.4, -0.2) is 18.0 Å². The van der Waals surface area contributed by atoms with Gasteiger partial charge in [-0.05, 0) is 42.8 Å². The molecule has 0 fully saturated rings. The van der Waals surface area contributed by atoms with Crippen molar-refractivity contribution in [2.45, 2.75) is 13.1 Å². The number of fused-ring (bicyclic) bond motifs is 1. The summed E-state index contributed by atoms with van der Waals surface area (Å²) in [6.07, 6.45) is 1.33. The monoisotopic (exact) mass is 379 g/mol. The molecular weight excluding hydrogens is 362 g/mol. The van der Waals surface area contributed by atoms with E-state index in [4.69, 9.17) is 16.3 Å². The van der Waals surface area contributed by atoms with E-state index in [0.29, 0.717) is 27.8 Å². The molecule has 0 saturated carbocycles. The molecule has 1 amide bonds. The van der Waals surface area contributed by atoms with E-state index in [9.17, 15) is 4.79 Å². The van der Waals surface area contributed by atoms with Gasteiger partial charge in [-0.3, -0.25) is 9.69 Å². The Bertz CT molecular complexity index is 1000. The molecule has 5 nitrogen and oxygen atoms in total. The highest BCUT2D eigenvalue weighted by Gasteiger charge is 2.38. The number of hydrogen-bond donors (Lipinski definition) is 1. The van der Waals surface area contributed by atoms with Gasteiger partial charge in [0, 0.05) is 22.3 Å². The van der Waals surface area contributed by atoms with Crippen LogP contribution >= 0.6 is 11.6 Å². The second-order valence-electron chi connectivity index (χ2n) is 6.35. The Morgan fingerprint density at radius 2 is 1.96 bits per heavy atom. The fraction of sp³-hybridized carbons (Fsp3) is 0.143. The summed E-state index contributed by atoms with van der Waals surface area (Å²) in [4.78, 5) is 19.2. The number of anilines is 2. The van der Waals surface area contributed by atoms with Crippen LogP contribution < -0.4 is 15.0 Å². The Morgan fingerprint density at radius 1 is 1.15 bits per heavy atom. The summed E-state index contributed by atoms with van der Waals surface area (Å²) in [5.41, 5.74) is 3.27. The molecule has 0 bridgehead atoms. The highest BCUT2D eigenvalue weighted by Crippen LogP contribution is 2.39. The highest BCUT2D eigenvalue weighted by molar-refractivity contribution is 6.31. The molecule has 1 unspecified atom stereocenters. The van der Waals surface area contributed by atoms with Crippen LogP contribution in [0.1, 0.15) is 27.7 Å². The average molecular weight is 380 g/mol.